The van der Waals surface area contributed by atoms with Crippen molar-refractivity contribution in [2.24, 2.45) is 0 Å². The lowest BCUT2D eigenvalue weighted by atomic mass is 10.0. The van der Waals surface area contributed by atoms with Crippen molar-refractivity contribution < 1.29 is 18.0 Å². The van der Waals surface area contributed by atoms with E-state index in [1.54, 1.807) is 35.2 Å². The van der Waals surface area contributed by atoms with E-state index in [0.29, 0.717) is 42.7 Å². The lowest BCUT2D eigenvalue weighted by molar-refractivity contribution is 0.0698. The Bertz CT molecular complexity index is 995. The highest BCUT2D eigenvalue weighted by molar-refractivity contribution is 7.92. The first-order chi connectivity index (χ1) is 13.7. The van der Waals surface area contributed by atoms with Crippen LogP contribution in [0.15, 0.2) is 48.5 Å². The van der Waals surface area contributed by atoms with Crippen LogP contribution in [-0.2, 0) is 10.0 Å². The number of hydrogen-bond acceptors (Lipinski definition) is 4. The van der Waals surface area contributed by atoms with Gasteiger partial charge in [0.05, 0.1) is 6.26 Å². The fourth-order valence-corrected chi connectivity index (χ4v) is 3.92. The number of nitrogens with one attached hydrogen (secondary N) is 2. The molecule has 2 aromatic rings. The molecule has 0 spiro atoms. The van der Waals surface area contributed by atoms with E-state index in [4.69, 9.17) is 0 Å². The zero-order valence-corrected chi connectivity index (χ0v) is 17.3. The zero-order valence-electron chi connectivity index (χ0n) is 16.5. The maximum Gasteiger partial charge on any atom is 0.253 e. The number of amides is 2. The molecule has 1 fully saturated rings. The number of sulfonamides is 1. The van der Waals surface area contributed by atoms with Gasteiger partial charge in [-0.05, 0) is 56.2 Å². The maximum absolute atomic E-state index is 12.7. The van der Waals surface area contributed by atoms with E-state index in [1.807, 2.05) is 25.1 Å². The molecule has 1 heterocycles. The Morgan fingerprint density at radius 1 is 1.00 bits per heavy atom. The molecule has 0 radical (unpaired) electrons. The van der Waals surface area contributed by atoms with Gasteiger partial charge in [-0.3, -0.25) is 14.3 Å². The number of likely N-dealkylation sites (tertiary alicyclic amines) is 1. The summed E-state index contributed by atoms with van der Waals surface area (Å²) in [6.45, 7) is 3.06. The van der Waals surface area contributed by atoms with Crippen LogP contribution in [0.5, 0.6) is 0 Å². The van der Waals surface area contributed by atoms with Crippen molar-refractivity contribution in [2.75, 3.05) is 24.1 Å². The Morgan fingerprint density at radius 3 is 2.24 bits per heavy atom. The minimum absolute atomic E-state index is 0.0356. The third-order valence-corrected chi connectivity index (χ3v) is 5.44. The van der Waals surface area contributed by atoms with Crippen molar-refractivity contribution in [1.29, 1.82) is 0 Å². The highest BCUT2D eigenvalue weighted by Gasteiger charge is 2.25. The third-order valence-electron chi connectivity index (χ3n) is 4.83. The normalized spacial score (nSPS) is 15.0. The summed E-state index contributed by atoms with van der Waals surface area (Å²) in [6.07, 6.45) is 2.46. The van der Waals surface area contributed by atoms with Crippen molar-refractivity contribution >= 4 is 27.5 Å². The number of carbonyl (C=O) groups is 2. The molecule has 7 nitrogen and oxygen atoms in total. The first-order valence-corrected chi connectivity index (χ1v) is 11.3. The summed E-state index contributed by atoms with van der Waals surface area (Å²) in [5.41, 5.74) is 2.61. The van der Waals surface area contributed by atoms with Gasteiger partial charge in [-0.25, -0.2) is 8.42 Å². The first-order valence-electron chi connectivity index (χ1n) is 9.46. The summed E-state index contributed by atoms with van der Waals surface area (Å²) < 4.78 is 24.9. The summed E-state index contributed by atoms with van der Waals surface area (Å²) in [7, 11) is -3.35. The second-order valence-electron chi connectivity index (χ2n) is 7.36. The summed E-state index contributed by atoms with van der Waals surface area (Å²) in [5, 5.41) is 3.05. The Morgan fingerprint density at radius 2 is 1.66 bits per heavy atom. The summed E-state index contributed by atoms with van der Waals surface area (Å²) >= 11 is 0. The minimum atomic E-state index is -3.35. The molecule has 8 heteroatoms. The van der Waals surface area contributed by atoms with Crippen LogP contribution in [0.4, 0.5) is 5.69 Å². The molecule has 1 aliphatic rings. The molecule has 0 aromatic heterocycles. The van der Waals surface area contributed by atoms with E-state index < -0.39 is 10.0 Å². The number of carbonyl (C=O) groups excluding carboxylic acids is 2. The number of nitrogens with zero attached hydrogens (tertiary/aromatic N) is 1. The second kappa shape index (κ2) is 8.65. The van der Waals surface area contributed by atoms with E-state index in [-0.39, 0.29) is 17.9 Å². The van der Waals surface area contributed by atoms with E-state index in [0.717, 1.165) is 11.8 Å². The molecular weight excluding hydrogens is 390 g/mol. The van der Waals surface area contributed by atoms with Crippen LogP contribution in [0.25, 0.3) is 0 Å². The van der Waals surface area contributed by atoms with Crippen LogP contribution in [0.2, 0.25) is 0 Å². The molecule has 0 saturated carbocycles. The quantitative estimate of drug-likeness (QED) is 0.784. The van der Waals surface area contributed by atoms with E-state index in [1.165, 1.54) is 0 Å². The molecule has 3 rings (SSSR count). The fourth-order valence-electron chi connectivity index (χ4n) is 3.36. The highest BCUT2D eigenvalue weighted by Crippen LogP contribution is 2.17. The number of rotatable bonds is 5. The van der Waals surface area contributed by atoms with Crippen molar-refractivity contribution in [2.45, 2.75) is 25.8 Å². The smallest absolute Gasteiger partial charge is 0.253 e. The summed E-state index contributed by atoms with van der Waals surface area (Å²) in [4.78, 5) is 26.8. The number of piperidine rings is 1. The van der Waals surface area contributed by atoms with Gasteiger partial charge in [-0.1, -0.05) is 17.7 Å². The van der Waals surface area contributed by atoms with Crippen molar-refractivity contribution in [3.63, 3.8) is 0 Å². The number of hydrogen-bond donors (Lipinski definition) is 2. The molecule has 0 bridgehead atoms. The fraction of sp³-hybridized carbons (Fsp3) is 0.333. The Hall–Kier alpha value is -2.87. The first kappa shape index (κ1) is 20.9. The molecule has 1 saturated heterocycles. The second-order valence-corrected chi connectivity index (χ2v) is 9.11. The van der Waals surface area contributed by atoms with Gasteiger partial charge in [0.25, 0.3) is 11.8 Å². The van der Waals surface area contributed by atoms with Crippen molar-refractivity contribution in [3.8, 4) is 0 Å². The topological polar surface area (TPSA) is 95.6 Å². The van der Waals surface area contributed by atoms with E-state index in [9.17, 15) is 18.0 Å². The lowest BCUT2D eigenvalue weighted by Crippen LogP contribution is -2.46. The molecule has 2 amide bonds. The predicted molar refractivity (Wildman–Crippen MR) is 112 cm³/mol. The summed E-state index contributed by atoms with van der Waals surface area (Å²) in [6, 6.07) is 13.9. The van der Waals surface area contributed by atoms with Gasteiger partial charge in [-0.2, -0.15) is 0 Å². The van der Waals surface area contributed by atoms with Crippen LogP contribution in [0.3, 0.4) is 0 Å². The van der Waals surface area contributed by atoms with Crippen LogP contribution in [-0.4, -0.2) is 50.5 Å². The average molecular weight is 416 g/mol. The lowest BCUT2D eigenvalue weighted by Gasteiger charge is -2.32. The Balaban J connectivity index is 1.53. The van der Waals surface area contributed by atoms with Gasteiger partial charge in [0.2, 0.25) is 10.0 Å². The summed E-state index contributed by atoms with van der Waals surface area (Å²) in [5.74, 6) is -0.188. The Labute approximate surface area is 171 Å². The third kappa shape index (κ3) is 5.80. The van der Waals surface area contributed by atoms with Gasteiger partial charge in [0.1, 0.15) is 0 Å². The van der Waals surface area contributed by atoms with E-state index in [2.05, 4.69) is 10.0 Å². The van der Waals surface area contributed by atoms with Gasteiger partial charge >= 0.3 is 0 Å². The SMILES string of the molecule is Cc1cccc(C(=O)NC2CCN(C(=O)c3ccc(NS(C)(=O)=O)cc3)CC2)c1. The molecule has 0 aliphatic carbocycles. The average Bonchev–Trinajstić information content (AvgIpc) is 2.67. The highest BCUT2D eigenvalue weighted by atomic mass is 32.2. The largest absolute Gasteiger partial charge is 0.349 e. The molecule has 2 N–H and O–H groups in total. The predicted octanol–water partition coefficient (Wildman–Crippen LogP) is 2.40. The maximum atomic E-state index is 12.7. The molecule has 0 unspecified atom stereocenters. The standard InChI is InChI=1S/C21H25N3O4S/c1-15-4-3-5-17(14-15)20(25)22-18-10-12-24(13-11-18)21(26)16-6-8-19(9-7-16)23-29(2,27)28/h3-9,14,18,23H,10-13H2,1-2H3,(H,22,25). The molecule has 29 heavy (non-hydrogen) atoms. The molecule has 2 aromatic carbocycles. The van der Waals surface area contributed by atoms with Crippen LogP contribution in [0.1, 0.15) is 39.1 Å². The van der Waals surface area contributed by atoms with Crippen LogP contribution >= 0.6 is 0 Å². The van der Waals surface area contributed by atoms with Crippen LogP contribution in [0, 0.1) is 6.92 Å². The van der Waals surface area contributed by atoms with Crippen LogP contribution < -0.4 is 10.0 Å². The number of benzene rings is 2. The molecule has 154 valence electrons. The number of anilines is 1. The molecular formula is C21H25N3O4S. The molecule has 0 atom stereocenters. The minimum Gasteiger partial charge on any atom is -0.349 e. The Kier molecular flexibility index (Phi) is 6.22. The molecule has 1 aliphatic heterocycles. The van der Waals surface area contributed by atoms with Gasteiger partial charge in [-0.15, -0.1) is 0 Å². The van der Waals surface area contributed by atoms with Crippen molar-refractivity contribution in [3.05, 3.63) is 65.2 Å². The number of aryl methyl sites for hydroxylation is 1. The van der Waals surface area contributed by atoms with Gasteiger partial charge in [0.15, 0.2) is 0 Å². The monoisotopic (exact) mass is 415 g/mol. The van der Waals surface area contributed by atoms with E-state index >= 15 is 0 Å². The van der Waals surface area contributed by atoms with Gasteiger partial charge in [0, 0.05) is 35.9 Å². The van der Waals surface area contributed by atoms with Crippen molar-refractivity contribution in [1.82, 2.24) is 10.2 Å². The zero-order chi connectivity index (χ0) is 21.0. The van der Waals surface area contributed by atoms with Gasteiger partial charge < -0.3 is 10.2 Å².